The Morgan fingerprint density at radius 2 is 2.00 bits per heavy atom. The van der Waals surface area contributed by atoms with Crippen molar-refractivity contribution >= 4 is 5.91 Å². The number of carbonyl (C=O) groups is 1. The van der Waals surface area contributed by atoms with Crippen molar-refractivity contribution in [2.24, 2.45) is 0 Å². The molecule has 1 saturated heterocycles. The van der Waals surface area contributed by atoms with E-state index in [1.165, 1.54) is 12.1 Å². The Morgan fingerprint density at radius 1 is 1.22 bits per heavy atom. The van der Waals surface area contributed by atoms with Gasteiger partial charge in [-0.05, 0) is 41.8 Å². The summed E-state index contributed by atoms with van der Waals surface area (Å²) in [5.74, 6) is -0.0853. The van der Waals surface area contributed by atoms with Crippen LogP contribution in [0.2, 0.25) is 0 Å². The Labute approximate surface area is 134 Å². The SMILES string of the molecule is O=C1CC[C@@H](NCc2ccc(O)cc2)[C@H](c2cccc(F)c2)N1. The average molecular weight is 314 g/mol. The predicted molar refractivity (Wildman–Crippen MR) is 85.3 cm³/mol. The largest absolute Gasteiger partial charge is 0.508 e. The maximum atomic E-state index is 13.5. The molecule has 2 aromatic rings. The van der Waals surface area contributed by atoms with Crippen LogP contribution in [0.25, 0.3) is 0 Å². The van der Waals surface area contributed by atoms with Gasteiger partial charge < -0.3 is 15.7 Å². The highest BCUT2D eigenvalue weighted by Gasteiger charge is 2.29. The molecule has 2 atom stereocenters. The zero-order valence-electron chi connectivity index (χ0n) is 12.6. The number of carbonyl (C=O) groups excluding carboxylic acids is 1. The number of piperidine rings is 1. The fourth-order valence-electron chi connectivity index (χ4n) is 2.90. The van der Waals surface area contributed by atoms with Crippen molar-refractivity contribution < 1.29 is 14.3 Å². The third-order valence-electron chi connectivity index (χ3n) is 4.11. The summed E-state index contributed by atoms with van der Waals surface area (Å²) in [5.41, 5.74) is 1.80. The molecule has 1 fully saturated rings. The molecule has 0 aromatic heterocycles. The maximum Gasteiger partial charge on any atom is 0.220 e. The van der Waals surface area contributed by atoms with Crippen LogP contribution in [0.3, 0.4) is 0 Å². The molecule has 0 aliphatic carbocycles. The van der Waals surface area contributed by atoms with Gasteiger partial charge in [-0.3, -0.25) is 4.79 Å². The number of phenols is 1. The van der Waals surface area contributed by atoms with E-state index in [9.17, 15) is 14.3 Å². The molecule has 4 nitrogen and oxygen atoms in total. The van der Waals surface area contributed by atoms with Crippen LogP contribution in [0, 0.1) is 5.82 Å². The topological polar surface area (TPSA) is 61.4 Å². The molecule has 1 amide bonds. The van der Waals surface area contributed by atoms with E-state index in [1.807, 2.05) is 18.2 Å². The lowest BCUT2D eigenvalue weighted by Gasteiger charge is -2.33. The van der Waals surface area contributed by atoms with E-state index in [-0.39, 0.29) is 29.6 Å². The molecule has 3 N–H and O–H groups in total. The van der Waals surface area contributed by atoms with Crippen LogP contribution in [0.1, 0.15) is 30.0 Å². The molecular formula is C18H19FN2O2. The molecule has 2 aromatic carbocycles. The molecule has 0 radical (unpaired) electrons. The number of hydrogen-bond donors (Lipinski definition) is 3. The van der Waals surface area contributed by atoms with Crippen LogP contribution >= 0.6 is 0 Å². The molecule has 0 unspecified atom stereocenters. The van der Waals surface area contributed by atoms with Crippen molar-refractivity contribution in [3.63, 3.8) is 0 Å². The Bertz CT molecular complexity index is 688. The molecule has 0 bridgehead atoms. The molecule has 23 heavy (non-hydrogen) atoms. The van der Waals surface area contributed by atoms with Crippen molar-refractivity contribution in [2.75, 3.05) is 0 Å². The van der Waals surface area contributed by atoms with Gasteiger partial charge in [0.2, 0.25) is 5.91 Å². The number of aromatic hydroxyl groups is 1. The second-order valence-electron chi connectivity index (χ2n) is 5.79. The number of rotatable bonds is 4. The van der Waals surface area contributed by atoms with Crippen LogP contribution in [0.5, 0.6) is 5.75 Å². The zero-order chi connectivity index (χ0) is 16.2. The summed E-state index contributed by atoms with van der Waals surface area (Å²) < 4.78 is 13.5. The average Bonchev–Trinajstić information content (AvgIpc) is 2.55. The second kappa shape index (κ2) is 6.79. The summed E-state index contributed by atoms with van der Waals surface area (Å²) in [4.78, 5) is 11.7. The molecule has 5 heteroatoms. The van der Waals surface area contributed by atoms with Crippen molar-refractivity contribution in [1.29, 1.82) is 0 Å². The minimum Gasteiger partial charge on any atom is -0.508 e. The van der Waals surface area contributed by atoms with Crippen LogP contribution in [0.4, 0.5) is 4.39 Å². The third kappa shape index (κ3) is 3.87. The normalized spacial score (nSPS) is 21.0. The van der Waals surface area contributed by atoms with Gasteiger partial charge in [0, 0.05) is 19.0 Å². The van der Waals surface area contributed by atoms with Gasteiger partial charge >= 0.3 is 0 Å². The van der Waals surface area contributed by atoms with Gasteiger partial charge in [-0.15, -0.1) is 0 Å². The third-order valence-corrected chi connectivity index (χ3v) is 4.11. The fourth-order valence-corrected chi connectivity index (χ4v) is 2.90. The van der Waals surface area contributed by atoms with Gasteiger partial charge in [0.15, 0.2) is 0 Å². The summed E-state index contributed by atoms with van der Waals surface area (Å²) in [6, 6.07) is 13.1. The number of hydrogen-bond acceptors (Lipinski definition) is 3. The molecule has 1 aliphatic rings. The van der Waals surface area contributed by atoms with Crippen molar-refractivity contribution in [1.82, 2.24) is 10.6 Å². The molecule has 120 valence electrons. The predicted octanol–water partition coefficient (Wildman–Crippen LogP) is 2.64. The quantitative estimate of drug-likeness (QED) is 0.813. The summed E-state index contributed by atoms with van der Waals surface area (Å²) in [6.45, 7) is 0.618. The van der Waals surface area contributed by atoms with Gasteiger partial charge in [-0.1, -0.05) is 24.3 Å². The van der Waals surface area contributed by atoms with Gasteiger partial charge in [-0.25, -0.2) is 4.39 Å². The first kappa shape index (κ1) is 15.5. The van der Waals surface area contributed by atoms with Gasteiger partial charge in [0.1, 0.15) is 11.6 Å². The summed E-state index contributed by atoms with van der Waals surface area (Å²) in [7, 11) is 0. The highest BCUT2D eigenvalue weighted by atomic mass is 19.1. The molecule has 0 spiro atoms. The Hall–Kier alpha value is -2.40. The lowest BCUT2D eigenvalue weighted by Crippen LogP contribution is -2.48. The van der Waals surface area contributed by atoms with Crippen molar-refractivity contribution in [2.45, 2.75) is 31.5 Å². The van der Waals surface area contributed by atoms with E-state index in [2.05, 4.69) is 10.6 Å². The number of amides is 1. The Balaban J connectivity index is 1.72. The van der Waals surface area contributed by atoms with Crippen LogP contribution in [-0.4, -0.2) is 17.1 Å². The van der Waals surface area contributed by atoms with Gasteiger partial charge in [0.05, 0.1) is 6.04 Å². The number of nitrogens with one attached hydrogen (secondary N) is 2. The van der Waals surface area contributed by atoms with E-state index in [1.54, 1.807) is 18.2 Å². The van der Waals surface area contributed by atoms with Gasteiger partial charge in [-0.2, -0.15) is 0 Å². The van der Waals surface area contributed by atoms with E-state index in [0.717, 1.165) is 11.1 Å². The Kier molecular flexibility index (Phi) is 4.57. The smallest absolute Gasteiger partial charge is 0.220 e. The fraction of sp³-hybridized carbons (Fsp3) is 0.278. The highest BCUT2D eigenvalue weighted by Crippen LogP contribution is 2.25. The monoisotopic (exact) mass is 314 g/mol. The van der Waals surface area contributed by atoms with E-state index in [0.29, 0.717) is 19.4 Å². The standard InChI is InChI=1S/C18H19FN2O2/c19-14-3-1-2-13(10-14)18-16(8-9-17(23)21-18)20-11-12-4-6-15(22)7-5-12/h1-7,10,16,18,20,22H,8-9,11H2,(H,21,23)/t16-,18+/m1/s1. The molecule has 1 heterocycles. The van der Waals surface area contributed by atoms with Crippen molar-refractivity contribution in [3.05, 3.63) is 65.5 Å². The number of benzene rings is 2. The van der Waals surface area contributed by atoms with Crippen LogP contribution in [0.15, 0.2) is 48.5 Å². The lowest BCUT2D eigenvalue weighted by atomic mass is 9.91. The summed E-state index contributed by atoms with van der Waals surface area (Å²) >= 11 is 0. The second-order valence-corrected chi connectivity index (χ2v) is 5.79. The molecule has 1 aliphatic heterocycles. The molecule has 0 saturated carbocycles. The first-order chi connectivity index (χ1) is 11.1. The van der Waals surface area contributed by atoms with Gasteiger partial charge in [0.25, 0.3) is 0 Å². The first-order valence-electron chi connectivity index (χ1n) is 7.68. The summed E-state index contributed by atoms with van der Waals surface area (Å²) in [6.07, 6.45) is 1.16. The minimum atomic E-state index is -0.306. The maximum absolute atomic E-state index is 13.5. The minimum absolute atomic E-state index is 0.0121. The highest BCUT2D eigenvalue weighted by molar-refractivity contribution is 5.77. The van der Waals surface area contributed by atoms with E-state index >= 15 is 0 Å². The van der Waals surface area contributed by atoms with Crippen LogP contribution < -0.4 is 10.6 Å². The number of halogens is 1. The van der Waals surface area contributed by atoms with E-state index in [4.69, 9.17) is 0 Å². The summed E-state index contributed by atoms with van der Waals surface area (Å²) in [5, 5.41) is 15.7. The molecular weight excluding hydrogens is 295 g/mol. The number of phenolic OH excluding ortho intramolecular Hbond substituents is 1. The molecule has 3 rings (SSSR count). The van der Waals surface area contributed by atoms with Crippen LogP contribution in [-0.2, 0) is 11.3 Å². The first-order valence-corrected chi connectivity index (χ1v) is 7.68. The zero-order valence-corrected chi connectivity index (χ0v) is 12.6. The Morgan fingerprint density at radius 3 is 2.74 bits per heavy atom. The van der Waals surface area contributed by atoms with Crippen molar-refractivity contribution in [3.8, 4) is 5.75 Å². The lowest BCUT2D eigenvalue weighted by molar-refractivity contribution is -0.123. The van der Waals surface area contributed by atoms with E-state index < -0.39 is 0 Å².